The highest BCUT2D eigenvalue weighted by Gasteiger charge is 2.31. The fourth-order valence-corrected chi connectivity index (χ4v) is 4.73. The number of unbranched alkanes of at least 4 members (excludes halogenated alkanes) is 2. The van der Waals surface area contributed by atoms with Crippen LogP contribution in [-0.2, 0) is 22.7 Å². The van der Waals surface area contributed by atoms with Gasteiger partial charge in [-0.15, -0.1) is 0 Å². The van der Waals surface area contributed by atoms with E-state index in [4.69, 9.17) is 11.6 Å². The molecule has 1 aromatic heterocycles. The summed E-state index contributed by atoms with van der Waals surface area (Å²) in [6, 6.07) is 7.69. The highest BCUT2D eigenvalue weighted by atomic mass is 35.5. The molecular weight excluding hydrogens is 479 g/mol. The third-order valence-electron chi connectivity index (χ3n) is 5.17. The van der Waals surface area contributed by atoms with E-state index in [0.717, 1.165) is 25.0 Å². The molecule has 2 aromatic carbocycles. The summed E-state index contributed by atoms with van der Waals surface area (Å²) in [5, 5.41) is -0.0434. The Morgan fingerprint density at radius 1 is 1.15 bits per heavy atom. The Balaban J connectivity index is 1.88. The summed E-state index contributed by atoms with van der Waals surface area (Å²) in [5.74, 6) is -0.338. The lowest BCUT2D eigenvalue weighted by Crippen LogP contribution is -2.32. The van der Waals surface area contributed by atoms with Crippen molar-refractivity contribution in [3.05, 3.63) is 63.9 Å². The second-order valence-electron chi connectivity index (χ2n) is 7.71. The Hall–Kier alpha value is -2.59. The molecule has 0 fully saturated rings. The smallest absolute Gasteiger partial charge is 0.324 e. The van der Waals surface area contributed by atoms with Crippen LogP contribution in [-0.4, -0.2) is 29.6 Å². The van der Waals surface area contributed by atoms with Crippen LogP contribution in [0, 0.1) is 6.92 Å². The van der Waals surface area contributed by atoms with Crippen LogP contribution in [0.5, 0.6) is 0 Å². The Kier molecular flexibility index (Phi) is 7.38. The molecule has 1 heterocycles. The van der Waals surface area contributed by atoms with Gasteiger partial charge in [0.25, 0.3) is 5.91 Å². The zero-order valence-corrected chi connectivity index (χ0v) is 19.6. The maximum absolute atomic E-state index is 12.9. The first-order valence-corrected chi connectivity index (χ1v) is 12.3. The highest BCUT2D eigenvalue weighted by Crippen LogP contribution is 2.32. The maximum atomic E-state index is 12.9. The van der Waals surface area contributed by atoms with Crippen molar-refractivity contribution in [2.24, 2.45) is 0 Å². The van der Waals surface area contributed by atoms with Crippen molar-refractivity contribution < 1.29 is 26.4 Å². The quantitative estimate of drug-likeness (QED) is 0.424. The van der Waals surface area contributed by atoms with Gasteiger partial charge >= 0.3 is 6.18 Å². The van der Waals surface area contributed by atoms with Gasteiger partial charge in [0, 0.05) is 10.6 Å². The number of halogens is 4. The molecule has 0 atom stereocenters. The van der Waals surface area contributed by atoms with Crippen molar-refractivity contribution in [3.63, 3.8) is 0 Å². The molecule has 0 saturated heterocycles. The Morgan fingerprint density at radius 2 is 1.88 bits per heavy atom. The van der Waals surface area contributed by atoms with E-state index >= 15 is 0 Å². The lowest BCUT2D eigenvalue weighted by Gasteiger charge is -2.12. The van der Waals surface area contributed by atoms with Gasteiger partial charge in [-0.3, -0.25) is 4.79 Å². The summed E-state index contributed by atoms with van der Waals surface area (Å²) in [6.45, 7) is 3.79. The zero-order chi connectivity index (χ0) is 24.4. The number of hydrogen-bond acceptors (Lipinski definition) is 4. The van der Waals surface area contributed by atoms with Gasteiger partial charge in [0.1, 0.15) is 5.82 Å². The molecule has 33 heavy (non-hydrogen) atoms. The van der Waals surface area contributed by atoms with Crippen LogP contribution in [0.3, 0.4) is 0 Å². The SMILES string of the molecule is CCCCCS(=O)(=O)NC(=O)c1ccc2nc(C)n(Cc3ccc(C(F)(F)F)cc3Cl)c2c1. The monoisotopic (exact) mass is 501 g/mol. The number of aryl methyl sites for hydroxylation is 1. The third kappa shape index (κ3) is 6.05. The summed E-state index contributed by atoms with van der Waals surface area (Å²) in [5.41, 5.74) is 0.807. The molecule has 3 aromatic rings. The Labute approximate surface area is 194 Å². The van der Waals surface area contributed by atoms with Gasteiger partial charge in [-0.25, -0.2) is 18.1 Å². The number of fused-ring (bicyclic) bond motifs is 1. The molecular formula is C22H23ClF3N3O3S. The van der Waals surface area contributed by atoms with Gasteiger partial charge in [0.05, 0.1) is 28.9 Å². The molecule has 1 N–H and O–H groups in total. The molecule has 0 aliphatic rings. The van der Waals surface area contributed by atoms with E-state index in [0.29, 0.717) is 28.8 Å². The molecule has 3 rings (SSSR count). The van der Waals surface area contributed by atoms with Crippen LogP contribution >= 0.6 is 11.6 Å². The maximum Gasteiger partial charge on any atom is 0.416 e. The van der Waals surface area contributed by atoms with E-state index < -0.39 is 27.7 Å². The van der Waals surface area contributed by atoms with E-state index in [1.807, 2.05) is 6.92 Å². The Bertz CT molecular complexity index is 1290. The fraction of sp³-hybridized carbons (Fsp3) is 0.364. The molecule has 0 radical (unpaired) electrons. The van der Waals surface area contributed by atoms with Crippen molar-refractivity contribution in [1.82, 2.24) is 14.3 Å². The van der Waals surface area contributed by atoms with Crippen LogP contribution in [0.4, 0.5) is 13.2 Å². The van der Waals surface area contributed by atoms with E-state index in [1.165, 1.54) is 18.2 Å². The van der Waals surface area contributed by atoms with Gasteiger partial charge in [-0.1, -0.05) is 37.4 Å². The average Bonchev–Trinajstić information content (AvgIpc) is 3.02. The summed E-state index contributed by atoms with van der Waals surface area (Å²) in [4.78, 5) is 17.0. The standard InChI is InChI=1S/C22H23ClF3N3O3S/c1-3-4-5-10-33(31,32)28-21(30)15-7-9-19-20(11-15)29(14(2)27-19)13-16-6-8-17(12-18(16)23)22(24,25)26/h6-9,11-12H,3-5,10,13H2,1-2H3,(H,28,30). The predicted octanol–water partition coefficient (Wildman–Crippen LogP) is 5.32. The highest BCUT2D eigenvalue weighted by molar-refractivity contribution is 7.90. The van der Waals surface area contributed by atoms with E-state index in [1.54, 1.807) is 17.6 Å². The fourth-order valence-electron chi connectivity index (χ4n) is 3.40. The number of carbonyl (C=O) groups excluding carboxylic acids is 1. The molecule has 0 unspecified atom stereocenters. The largest absolute Gasteiger partial charge is 0.416 e. The minimum Gasteiger partial charge on any atom is -0.324 e. The van der Waals surface area contributed by atoms with Crippen molar-refractivity contribution in [2.45, 2.75) is 45.8 Å². The second kappa shape index (κ2) is 9.72. The molecule has 0 aliphatic carbocycles. The van der Waals surface area contributed by atoms with Gasteiger partial charge in [-0.05, 0) is 49.2 Å². The first-order valence-electron chi connectivity index (χ1n) is 10.3. The lowest BCUT2D eigenvalue weighted by atomic mass is 10.1. The van der Waals surface area contributed by atoms with Gasteiger partial charge in [0.15, 0.2) is 0 Å². The second-order valence-corrected chi connectivity index (χ2v) is 9.96. The molecule has 0 saturated carbocycles. The van der Waals surface area contributed by atoms with Gasteiger partial charge in [-0.2, -0.15) is 13.2 Å². The number of benzene rings is 2. The number of hydrogen-bond donors (Lipinski definition) is 1. The number of nitrogens with one attached hydrogen (secondary N) is 1. The molecule has 0 aliphatic heterocycles. The minimum atomic E-state index is -4.50. The Morgan fingerprint density at radius 3 is 2.52 bits per heavy atom. The van der Waals surface area contributed by atoms with Crippen LogP contribution in [0.2, 0.25) is 5.02 Å². The molecule has 178 valence electrons. The summed E-state index contributed by atoms with van der Waals surface area (Å²) in [7, 11) is -3.76. The van der Waals surface area contributed by atoms with Crippen LogP contribution in [0.1, 0.15) is 53.5 Å². The van der Waals surface area contributed by atoms with Crippen molar-refractivity contribution in [3.8, 4) is 0 Å². The number of imidazole rings is 1. The average molecular weight is 502 g/mol. The van der Waals surface area contributed by atoms with Gasteiger partial charge < -0.3 is 4.57 Å². The van der Waals surface area contributed by atoms with Crippen LogP contribution in [0.25, 0.3) is 11.0 Å². The normalized spacial score (nSPS) is 12.3. The van der Waals surface area contributed by atoms with Gasteiger partial charge in [0.2, 0.25) is 10.0 Å². The van der Waals surface area contributed by atoms with Crippen LogP contribution in [0.15, 0.2) is 36.4 Å². The molecule has 6 nitrogen and oxygen atoms in total. The lowest BCUT2D eigenvalue weighted by molar-refractivity contribution is -0.137. The number of nitrogens with zero attached hydrogens (tertiary/aromatic N) is 2. The summed E-state index contributed by atoms with van der Waals surface area (Å²) < 4.78 is 66.9. The third-order valence-corrected chi connectivity index (χ3v) is 6.85. The van der Waals surface area contributed by atoms with Crippen molar-refractivity contribution >= 4 is 38.6 Å². The molecule has 11 heteroatoms. The number of alkyl halides is 3. The molecule has 0 spiro atoms. The number of aromatic nitrogens is 2. The summed E-state index contributed by atoms with van der Waals surface area (Å²) in [6.07, 6.45) is -2.45. The van der Waals surface area contributed by atoms with E-state index in [-0.39, 0.29) is 22.9 Å². The number of rotatable bonds is 8. The van der Waals surface area contributed by atoms with Crippen molar-refractivity contribution in [2.75, 3.05) is 5.75 Å². The minimum absolute atomic E-state index is 0.0434. The first-order chi connectivity index (χ1) is 15.4. The molecule has 0 bridgehead atoms. The first kappa shape index (κ1) is 25.0. The number of carbonyl (C=O) groups is 1. The number of sulfonamides is 1. The van der Waals surface area contributed by atoms with E-state index in [2.05, 4.69) is 9.71 Å². The zero-order valence-electron chi connectivity index (χ0n) is 18.0. The van der Waals surface area contributed by atoms with Crippen LogP contribution < -0.4 is 4.72 Å². The molecule has 1 amide bonds. The predicted molar refractivity (Wildman–Crippen MR) is 121 cm³/mol. The topological polar surface area (TPSA) is 81.1 Å². The summed E-state index contributed by atoms with van der Waals surface area (Å²) >= 11 is 6.10. The van der Waals surface area contributed by atoms with E-state index in [9.17, 15) is 26.4 Å². The number of amides is 1. The van der Waals surface area contributed by atoms with Crippen molar-refractivity contribution in [1.29, 1.82) is 0 Å².